The number of benzene rings is 1. The summed E-state index contributed by atoms with van der Waals surface area (Å²) < 4.78 is 0. The zero-order chi connectivity index (χ0) is 15.4. The van der Waals surface area contributed by atoms with E-state index in [1.165, 1.54) is 12.2 Å². The molecule has 1 aromatic carbocycles. The van der Waals surface area contributed by atoms with E-state index in [9.17, 15) is 19.2 Å². The van der Waals surface area contributed by atoms with Crippen LogP contribution in [0, 0.1) is 0 Å². The van der Waals surface area contributed by atoms with Gasteiger partial charge in [0.05, 0.1) is 0 Å². The summed E-state index contributed by atoms with van der Waals surface area (Å²) in [7, 11) is 0. The van der Waals surface area contributed by atoms with Gasteiger partial charge in [0.15, 0.2) is 0 Å². The summed E-state index contributed by atoms with van der Waals surface area (Å²) in [6.45, 7) is -0.287. The van der Waals surface area contributed by atoms with E-state index < -0.39 is 23.6 Å². The Morgan fingerprint density at radius 1 is 1.10 bits per heavy atom. The number of carbonyl (C=O) groups excluding carboxylic acids is 4. The average molecular weight is 287 g/mol. The fraction of sp³-hybridized carbons (Fsp3) is 0.143. The summed E-state index contributed by atoms with van der Waals surface area (Å²) in [6.07, 6.45) is 2.80. The molecule has 0 atom stereocenters. The Labute approximate surface area is 120 Å². The van der Waals surface area contributed by atoms with Crippen LogP contribution in [0.4, 0.5) is 0 Å². The van der Waals surface area contributed by atoms with Crippen LogP contribution in [0.5, 0.6) is 0 Å². The van der Waals surface area contributed by atoms with Gasteiger partial charge in [0.2, 0.25) is 23.6 Å². The number of imide groups is 1. The third-order valence-electron chi connectivity index (χ3n) is 2.87. The van der Waals surface area contributed by atoms with Gasteiger partial charge < -0.3 is 10.6 Å². The van der Waals surface area contributed by atoms with Gasteiger partial charge in [-0.1, -0.05) is 12.1 Å². The van der Waals surface area contributed by atoms with Crippen LogP contribution in [0.2, 0.25) is 0 Å². The monoisotopic (exact) mass is 287 g/mol. The standard InChI is InChI=1S/C14H13N3O4/c15-14(21)10-4-1-9(2-5-10)3-6-13(20)17-7-11(18)16-12(19)8-17/h1-6H,7-8H2,(H2,15,21)(H,16,18,19). The van der Waals surface area contributed by atoms with E-state index in [4.69, 9.17) is 5.73 Å². The summed E-state index contributed by atoms with van der Waals surface area (Å²) in [5, 5.41) is 2.12. The van der Waals surface area contributed by atoms with Crippen molar-refractivity contribution in [1.82, 2.24) is 10.2 Å². The van der Waals surface area contributed by atoms with Crippen molar-refractivity contribution in [1.29, 1.82) is 0 Å². The van der Waals surface area contributed by atoms with Crippen LogP contribution in [-0.2, 0) is 14.4 Å². The summed E-state index contributed by atoms with van der Waals surface area (Å²) >= 11 is 0. The second kappa shape index (κ2) is 6.00. The van der Waals surface area contributed by atoms with E-state index >= 15 is 0 Å². The first kappa shape index (κ1) is 14.4. The highest BCUT2D eigenvalue weighted by atomic mass is 16.2. The maximum atomic E-state index is 11.9. The van der Waals surface area contributed by atoms with Gasteiger partial charge in [-0.3, -0.25) is 24.5 Å². The first-order chi connectivity index (χ1) is 9.95. The molecule has 0 radical (unpaired) electrons. The highest BCUT2D eigenvalue weighted by Gasteiger charge is 2.24. The highest BCUT2D eigenvalue weighted by Crippen LogP contribution is 2.06. The van der Waals surface area contributed by atoms with E-state index in [0.29, 0.717) is 11.1 Å². The molecule has 1 aliphatic rings. The SMILES string of the molecule is NC(=O)c1ccc(C=CC(=O)N2CC(=O)NC(=O)C2)cc1. The molecule has 2 rings (SSSR count). The second-order valence-electron chi connectivity index (χ2n) is 4.49. The fourth-order valence-corrected chi connectivity index (χ4v) is 1.82. The van der Waals surface area contributed by atoms with Gasteiger partial charge in [0.25, 0.3) is 0 Å². The van der Waals surface area contributed by atoms with Gasteiger partial charge in [-0.15, -0.1) is 0 Å². The Morgan fingerprint density at radius 2 is 1.67 bits per heavy atom. The topological polar surface area (TPSA) is 110 Å². The number of piperazine rings is 1. The molecule has 0 bridgehead atoms. The third-order valence-corrected chi connectivity index (χ3v) is 2.87. The maximum absolute atomic E-state index is 11.9. The fourth-order valence-electron chi connectivity index (χ4n) is 1.82. The molecule has 0 aromatic heterocycles. The third kappa shape index (κ3) is 3.75. The van der Waals surface area contributed by atoms with Gasteiger partial charge in [0, 0.05) is 11.6 Å². The lowest BCUT2D eigenvalue weighted by Gasteiger charge is -2.24. The molecule has 0 aliphatic carbocycles. The average Bonchev–Trinajstić information content (AvgIpc) is 2.44. The van der Waals surface area contributed by atoms with Gasteiger partial charge in [0.1, 0.15) is 13.1 Å². The Morgan fingerprint density at radius 3 is 2.19 bits per heavy atom. The smallest absolute Gasteiger partial charge is 0.248 e. The van der Waals surface area contributed by atoms with Crippen LogP contribution >= 0.6 is 0 Å². The van der Waals surface area contributed by atoms with Crippen molar-refractivity contribution in [2.75, 3.05) is 13.1 Å². The lowest BCUT2D eigenvalue weighted by Crippen LogP contribution is -2.52. The molecule has 0 unspecified atom stereocenters. The van der Waals surface area contributed by atoms with Crippen molar-refractivity contribution in [2.24, 2.45) is 5.73 Å². The molecule has 0 saturated carbocycles. The van der Waals surface area contributed by atoms with Gasteiger partial charge >= 0.3 is 0 Å². The van der Waals surface area contributed by atoms with Crippen LogP contribution < -0.4 is 11.1 Å². The number of nitrogens with two attached hydrogens (primary N) is 1. The largest absolute Gasteiger partial charge is 0.366 e. The highest BCUT2D eigenvalue weighted by molar-refractivity contribution is 6.04. The molecule has 3 N–H and O–H groups in total. The zero-order valence-electron chi connectivity index (χ0n) is 11.0. The number of rotatable bonds is 3. The lowest BCUT2D eigenvalue weighted by molar-refractivity contribution is -0.143. The van der Waals surface area contributed by atoms with Crippen LogP contribution in [0.1, 0.15) is 15.9 Å². The van der Waals surface area contributed by atoms with Gasteiger partial charge in [-0.2, -0.15) is 0 Å². The Hall–Kier alpha value is -2.96. The number of hydrogen-bond acceptors (Lipinski definition) is 4. The minimum atomic E-state index is -0.528. The van der Waals surface area contributed by atoms with Crippen molar-refractivity contribution in [2.45, 2.75) is 0 Å². The van der Waals surface area contributed by atoms with E-state index in [-0.39, 0.29) is 13.1 Å². The van der Waals surface area contributed by atoms with Crippen LogP contribution in [0.25, 0.3) is 6.08 Å². The quantitative estimate of drug-likeness (QED) is 0.565. The zero-order valence-corrected chi connectivity index (χ0v) is 11.0. The molecule has 108 valence electrons. The van der Waals surface area contributed by atoms with Gasteiger partial charge in [-0.05, 0) is 23.8 Å². The van der Waals surface area contributed by atoms with E-state index in [0.717, 1.165) is 4.90 Å². The summed E-state index contributed by atoms with van der Waals surface area (Å²) in [5.74, 6) is -1.96. The predicted octanol–water partition coefficient (Wildman–Crippen LogP) is -0.716. The van der Waals surface area contributed by atoms with Crippen LogP contribution in [0.3, 0.4) is 0 Å². The molecule has 1 heterocycles. The molecule has 0 spiro atoms. The second-order valence-corrected chi connectivity index (χ2v) is 4.49. The first-order valence-electron chi connectivity index (χ1n) is 6.15. The van der Waals surface area contributed by atoms with E-state index in [1.54, 1.807) is 24.3 Å². The summed E-state index contributed by atoms with van der Waals surface area (Å²) in [6, 6.07) is 6.37. The molecular weight excluding hydrogens is 274 g/mol. The van der Waals surface area contributed by atoms with Gasteiger partial charge in [-0.25, -0.2) is 0 Å². The molecule has 1 saturated heterocycles. The molecular formula is C14H13N3O4. The normalized spacial score (nSPS) is 15.1. The van der Waals surface area contributed by atoms with Crippen molar-refractivity contribution in [3.63, 3.8) is 0 Å². The van der Waals surface area contributed by atoms with Crippen LogP contribution in [0.15, 0.2) is 30.3 Å². The molecule has 1 aromatic rings. The van der Waals surface area contributed by atoms with Crippen LogP contribution in [-0.4, -0.2) is 41.6 Å². The molecule has 1 fully saturated rings. The molecule has 21 heavy (non-hydrogen) atoms. The molecule has 7 nitrogen and oxygen atoms in total. The van der Waals surface area contributed by atoms with Crippen molar-refractivity contribution in [3.8, 4) is 0 Å². The number of nitrogens with zero attached hydrogens (tertiary/aromatic N) is 1. The van der Waals surface area contributed by atoms with Crippen molar-refractivity contribution < 1.29 is 19.2 Å². The number of nitrogens with one attached hydrogen (secondary N) is 1. The lowest BCUT2D eigenvalue weighted by atomic mass is 10.1. The first-order valence-corrected chi connectivity index (χ1v) is 6.15. The Kier molecular flexibility index (Phi) is 4.13. The number of amides is 4. The minimum absolute atomic E-state index is 0.143. The number of primary amides is 1. The molecule has 1 aliphatic heterocycles. The predicted molar refractivity (Wildman–Crippen MR) is 73.7 cm³/mol. The Bertz CT molecular complexity index is 618. The number of hydrogen-bond donors (Lipinski definition) is 2. The maximum Gasteiger partial charge on any atom is 0.248 e. The van der Waals surface area contributed by atoms with E-state index in [2.05, 4.69) is 5.32 Å². The van der Waals surface area contributed by atoms with Crippen molar-refractivity contribution >= 4 is 29.7 Å². The minimum Gasteiger partial charge on any atom is -0.366 e. The summed E-state index contributed by atoms with van der Waals surface area (Å²) in [4.78, 5) is 46.3. The van der Waals surface area contributed by atoms with Crippen molar-refractivity contribution in [3.05, 3.63) is 41.5 Å². The summed E-state index contributed by atoms with van der Waals surface area (Å²) in [5.41, 5.74) is 6.19. The van der Waals surface area contributed by atoms with E-state index in [1.807, 2.05) is 0 Å². The molecule has 4 amide bonds. The Balaban J connectivity index is 2.03. The molecule has 7 heteroatoms. The number of carbonyl (C=O) groups is 4.